The zero-order chi connectivity index (χ0) is 10.7. The standard InChI is InChI=1S/C12H21N3/c1-10-4-3-5-11(10)6-13-7-12-8-14-9-15(12)2/h8-11,13H,3-7H2,1-2H3. The van der Waals surface area contributed by atoms with Gasteiger partial charge in [-0.15, -0.1) is 0 Å². The number of rotatable bonds is 4. The highest BCUT2D eigenvalue weighted by Crippen LogP contribution is 2.30. The fourth-order valence-electron chi connectivity index (χ4n) is 2.47. The van der Waals surface area contributed by atoms with E-state index in [1.54, 1.807) is 0 Å². The summed E-state index contributed by atoms with van der Waals surface area (Å²) in [4.78, 5) is 4.11. The van der Waals surface area contributed by atoms with Crippen molar-refractivity contribution in [1.29, 1.82) is 0 Å². The van der Waals surface area contributed by atoms with E-state index < -0.39 is 0 Å². The second-order valence-electron chi connectivity index (χ2n) is 4.80. The first-order chi connectivity index (χ1) is 7.27. The molecule has 1 aliphatic carbocycles. The lowest BCUT2D eigenvalue weighted by atomic mass is 9.98. The van der Waals surface area contributed by atoms with Crippen LogP contribution in [0.5, 0.6) is 0 Å². The predicted molar refractivity (Wildman–Crippen MR) is 61.4 cm³/mol. The molecule has 1 aliphatic rings. The Bertz CT molecular complexity index is 306. The van der Waals surface area contributed by atoms with Crippen molar-refractivity contribution in [1.82, 2.24) is 14.9 Å². The molecule has 0 bridgehead atoms. The zero-order valence-corrected chi connectivity index (χ0v) is 9.74. The second-order valence-corrected chi connectivity index (χ2v) is 4.80. The highest BCUT2D eigenvalue weighted by Gasteiger charge is 2.22. The molecule has 1 fully saturated rings. The van der Waals surface area contributed by atoms with E-state index in [1.807, 2.05) is 19.6 Å². The van der Waals surface area contributed by atoms with Crippen LogP contribution in [0.4, 0.5) is 0 Å². The Balaban J connectivity index is 1.73. The van der Waals surface area contributed by atoms with Crippen molar-refractivity contribution in [3.8, 4) is 0 Å². The summed E-state index contributed by atoms with van der Waals surface area (Å²) in [5.74, 6) is 1.79. The highest BCUT2D eigenvalue weighted by atomic mass is 15.0. The molecule has 1 aromatic heterocycles. The third-order valence-electron chi connectivity index (χ3n) is 3.67. The Kier molecular flexibility index (Phi) is 3.41. The van der Waals surface area contributed by atoms with Crippen LogP contribution in [0.15, 0.2) is 12.5 Å². The lowest BCUT2D eigenvalue weighted by molar-refractivity contribution is 0.390. The average molecular weight is 207 g/mol. The molecule has 0 amide bonds. The first-order valence-electron chi connectivity index (χ1n) is 5.93. The first-order valence-corrected chi connectivity index (χ1v) is 5.93. The van der Waals surface area contributed by atoms with Gasteiger partial charge in [-0.05, 0) is 24.8 Å². The van der Waals surface area contributed by atoms with E-state index >= 15 is 0 Å². The number of nitrogens with zero attached hydrogens (tertiary/aromatic N) is 2. The molecule has 0 spiro atoms. The van der Waals surface area contributed by atoms with Crippen LogP contribution in [0.1, 0.15) is 31.9 Å². The van der Waals surface area contributed by atoms with Gasteiger partial charge < -0.3 is 9.88 Å². The van der Waals surface area contributed by atoms with Gasteiger partial charge in [0.2, 0.25) is 0 Å². The summed E-state index contributed by atoms with van der Waals surface area (Å²) in [6.07, 6.45) is 8.02. The zero-order valence-electron chi connectivity index (χ0n) is 9.74. The number of aromatic nitrogens is 2. The van der Waals surface area contributed by atoms with Gasteiger partial charge in [-0.25, -0.2) is 4.98 Å². The van der Waals surface area contributed by atoms with Crippen LogP contribution in [0.3, 0.4) is 0 Å². The van der Waals surface area contributed by atoms with E-state index in [4.69, 9.17) is 0 Å². The van der Waals surface area contributed by atoms with E-state index in [-0.39, 0.29) is 0 Å². The van der Waals surface area contributed by atoms with Gasteiger partial charge in [-0.3, -0.25) is 0 Å². The Morgan fingerprint density at radius 3 is 3.00 bits per heavy atom. The molecule has 2 rings (SSSR count). The van der Waals surface area contributed by atoms with Crippen molar-refractivity contribution < 1.29 is 0 Å². The van der Waals surface area contributed by atoms with Gasteiger partial charge in [0, 0.05) is 19.8 Å². The molecule has 0 radical (unpaired) electrons. The minimum atomic E-state index is 0.887. The van der Waals surface area contributed by atoms with Crippen molar-refractivity contribution in [3.63, 3.8) is 0 Å². The number of nitrogens with one attached hydrogen (secondary N) is 1. The monoisotopic (exact) mass is 207 g/mol. The van der Waals surface area contributed by atoms with Crippen molar-refractivity contribution in [2.75, 3.05) is 6.54 Å². The largest absolute Gasteiger partial charge is 0.337 e. The van der Waals surface area contributed by atoms with Crippen LogP contribution in [-0.2, 0) is 13.6 Å². The van der Waals surface area contributed by atoms with Gasteiger partial charge >= 0.3 is 0 Å². The highest BCUT2D eigenvalue weighted by molar-refractivity contribution is 4.96. The van der Waals surface area contributed by atoms with E-state index in [1.165, 1.54) is 25.0 Å². The van der Waals surface area contributed by atoms with E-state index in [0.717, 1.165) is 24.9 Å². The molecule has 3 nitrogen and oxygen atoms in total. The summed E-state index contributed by atoms with van der Waals surface area (Å²) in [7, 11) is 2.04. The lowest BCUT2D eigenvalue weighted by Crippen LogP contribution is -2.24. The van der Waals surface area contributed by atoms with E-state index in [2.05, 4.69) is 21.8 Å². The topological polar surface area (TPSA) is 29.9 Å². The maximum atomic E-state index is 4.11. The van der Waals surface area contributed by atoms with Gasteiger partial charge in [0.1, 0.15) is 0 Å². The summed E-state index contributed by atoms with van der Waals surface area (Å²) in [5.41, 5.74) is 1.26. The van der Waals surface area contributed by atoms with Crippen molar-refractivity contribution in [2.45, 2.75) is 32.7 Å². The van der Waals surface area contributed by atoms with Crippen LogP contribution >= 0.6 is 0 Å². The molecule has 84 valence electrons. The number of hydrogen-bond donors (Lipinski definition) is 1. The Morgan fingerprint density at radius 1 is 1.53 bits per heavy atom. The summed E-state index contributed by atoms with van der Waals surface area (Å²) in [5, 5.41) is 3.54. The fourth-order valence-corrected chi connectivity index (χ4v) is 2.47. The van der Waals surface area contributed by atoms with Gasteiger partial charge in [0.05, 0.1) is 12.0 Å². The Morgan fingerprint density at radius 2 is 2.40 bits per heavy atom. The van der Waals surface area contributed by atoms with E-state index in [9.17, 15) is 0 Å². The van der Waals surface area contributed by atoms with Gasteiger partial charge in [-0.2, -0.15) is 0 Å². The van der Waals surface area contributed by atoms with Crippen molar-refractivity contribution >= 4 is 0 Å². The van der Waals surface area contributed by atoms with Crippen LogP contribution in [-0.4, -0.2) is 16.1 Å². The SMILES string of the molecule is CC1CCCC1CNCc1cncn1C. The summed E-state index contributed by atoms with van der Waals surface area (Å²) < 4.78 is 2.07. The summed E-state index contributed by atoms with van der Waals surface area (Å²) in [6.45, 7) is 4.48. The molecule has 0 saturated heterocycles. The number of imidazole rings is 1. The lowest BCUT2D eigenvalue weighted by Gasteiger charge is -2.15. The summed E-state index contributed by atoms with van der Waals surface area (Å²) in [6, 6.07) is 0. The summed E-state index contributed by atoms with van der Waals surface area (Å²) >= 11 is 0. The Hall–Kier alpha value is -0.830. The quantitative estimate of drug-likeness (QED) is 0.817. The van der Waals surface area contributed by atoms with Gasteiger partial charge in [0.15, 0.2) is 0 Å². The smallest absolute Gasteiger partial charge is 0.0945 e. The number of hydrogen-bond acceptors (Lipinski definition) is 2. The second kappa shape index (κ2) is 4.79. The fraction of sp³-hybridized carbons (Fsp3) is 0.750. The average Bonchev–Trinajstić information content (AvgIpc) is 2.78. The number of aryl methyl sites for hydroxylation is 1. The minimum absolute atomic E-state index is 0.887. The third-order valence-corrected chi connectivity index (χ3v) is 3.67. The van der Waals surface area contributed by atoms with Gasteiger partial charge in [-0.1, -0.05) is 19.8 Å². The van der Waals surface area contributed by atoms with E-state index in [0.29, 0.717) is 0 Å². The van der Waals surface area contributed by atoms with Gasteiger partial charge in [0.25, 0.3) is 0 Å². The van der Waals surface area contributed by atoms with Crippen LogP contribution in [0.2, 0.25) is 0 Å². The molecule has 2 atom stereocenters. The molecule has 3 heteroatoms. The van der Waals surface area contributed by atoms with Crippen molar-refractivity contribution in [3.05, 3.63) is 18.2 Å². The van der Waals surface area contributed by atoms with Crippen LogP contribution in [0.25, 0.3) is 0 Å². The molecule has 1 saturated carbocycles. The maximum Gasteiger partial charge on any atom is 0.0945 e. The molecular formula is C12H21N3. The molecular weight excluding hydrogens is 186 g/mol. The third kappa shape index (κ3) is 2.59. The Labute approximate surface area is 91.9 Å². The predicted octanol–water partition coefficient (Wildman–Crippen LogP) is 1.95. The van der Waals surface area contributed by atoms with Crippen LogP contribution < -0.4 is 5.32 Å². The molecule has 1 N–H and O–H groups in total. The normalized spacial score (nSPS) is 26.0. The molecule has 0 aliphatic heterocycles. The molecule has 1 aromatic rings. The first kappa shape index (κ1) is 10.7. The van der Waals surface area contributed by atoms with Crippen molar-refractivity contribution in [2.24, 2.45) is 18.9 Å². The molecule has 2 unspecified atom stereocenters. The molecule has 15 heavy (non-hydrogen) atoms. The molecule has 0 aromatic carbocycles. The minimum Gasteiger partial charge on any atom is -0.337 e. The van der Waals surface area contributed by atoms with Crippen LogP contribution in [0, 0.1) is 11.8 Å². The molecule has 1 heterocycles. The maximum absolute atomic E-state index is 4.11.